The number of ether oxygens (including phenoxy) is 1. The predicted octanol–water partition coefficient (Wildman–Crippen LogP) is 2.80. The van der Waals surface area contributed by atoms with Gasteiger partial charge in [-0.25, -0.2) is 5.48 Å². The predicted molar refractivity (Wildman–Crippen MR) is 86.8 cm³/mol. The number of thiophene rings is 1. The SMILES string of the molecule is CCCC(NC(=O)c1cccs1)Oc1ccc(C(=O)NO)cc1. The first kappa shape index (κ1) is 17.0. The summed E-state index contributed by atoms with van der Waals surface area (Å²) >= 11 is 1.37. The van der Waals surface area contributed by atoms with Gasteiger partial charge in [-0.1, -0.05) is 19.4 Å². The van der Waals surface area contributed by atoms with Crippen LogP contribution in [0, 0.1) is 0 Å². The van der Waals surface area contributed by atoms with Gasteiger partial charge in [-0.3, -0.25) is 14.8 Å². The second-order valence-corrected chi connectivity index (χ2v) is 5.76. The highest BCUT2D eigenvalue weighted by atomic mass is 32.1. The molecule has 0 aliphatic carbocycles. The lowest BCUT2D eigenvalue weighted by Gasteiger charge is -2.19. The summed E-state index contributed by atoms with van der Waals surface area (Å²) in [4.78, 5) is 24.0. The average molecular weight is 334 g/mol. The van der Waals surface area contributed by atoms with E-state index < -0.39 is 12.1 Å². The third-order valence-electron chi connectivity index (χ3n) is 3.08. The van der Waals surface area contributed by atoms with E-state index in [-0.39, 0.29) is 5.91 Å². The van der Waals surface area contributed by atoms with E-state index in [4.69, 9.17) is 9.94 Å². The molecule has 3 N–H and O–H groups in total. The Hall–Kier alpha value is -2.38. The number of carbonyl (C=O) groups is 2. The van der Waals surface area contributed by atoms with E-state index in [9.17, 15) is 9.59 Å². The minimum atomic E-state index is -0.590. The third-order valence-corrected chi connectivity index (χ3v) is 3.95. The first-order chi connectivity index (χ1) is 11.1. The molecule has 0 aliphatic rings. The Morgan fingerprint density at radius 2 is 1.96 bits per heavy atom. The number of nitrogens with one attached hydrogen (secondary N) is 2. The molecule has 7 heteroatoms. The normalized spacial score (nSPS) is 11.6. The van der Waals surface area contributed by atoms with Crippen LogP contribution in [-0.2, 0) is 0 Å². The quantitative estimate of drug-likeness (QED) is 0.413. The smallest absolute Gasteiger partial charge is 0.274 e. The molecule has 6 nitrogen and oxygen atoms in total. The molecule has 0 spiro atoms. The number of hydrogen-bond donors (Lipinski definition) is 3. The van der Waals surface area contributed by atoms with E-state index in [1.54, 1.807) is 23.7 Å². The van der Waals surface area contributed by atoms with E-state index >= 15 is 0 Å². The van der Waals surface area contributed by atoms with Gasteiger partial charge in [-0.05, 0) is 35.7 Å². The average Bonchev–Trinajstić information content (AvgIpc) is 3.09. The lowest BCUT2D eigenvalue weighted by molar-refractivity contribution is 0.0706. The first-order valence-electron chi connectivity index (χ1n) is 7.19. The van der Waals surface area contributed by atoms with Crippen LogP contribution in [0.4, 0.5) is 0 Å². The van der Waals surface area contributed by atoms with Crippen molar-refractivity contribution in [2.75, 3.05) is 0 Å². The van der Waals surface area contributed by atoms with Crippen molar-refractivity contribution in [3.8, 4) is 5.75 Å². The van der Waals surface area contributed by atoms with Crippen LogP contribution in [0.5, 0.6) is 5.75 Å². The van der Waals surface area contributed by atoms with E-state index in [0.29, 0.717) is 22.6 Å². The minimum Gasteiger partial charge on any atom is -0.471 e. The number of hydrogen-bond acceptors (Lipinski definition) is 5. The standard InChI is InChI=1S/C16H18N2O4S/c1-2-4-14(17-16(20)13-5-3-10-23-13)22-12-8-6-11(7-9-12)15(19)18-21/h3,5-10,14,21H,2,4H2,1H3,(H,17,20)(H,18,19). The molecular weight excluding hydrogens is 316 g/mol. The summed E-state index contributed by atoms with van der Waals surface area (Å²) < 4.78 is 5.77. The molecular formula is C16H18N2O4S. The highest BCUT2D eigenvalue weighted by molar-refractivity contribution is 7.12. The molecule has 2 amide bonds. The summed E-state index contributed by atoms with van der Waals surface area (Å²) in [7, 11) is 0. The fraction of sp³-hybridized carbons (Fsp3) is 0.250. The lowest BCUT2D eigenvalue weighted by atomic mass is 10.2. The largest absolute Gasteiger partial charge is 0.471 e. The van der Waals surface area contributed by atoms with Gasteiger partial charge in [0.05, 0.1) is 4.88 Å². The van der Waals surface area contributed by atoms with Crippen molar-refractivity contribution in [3.05, 3.63) is 52.2 Å². The van der Waals surface area contributed by atoms with Gasteiger partial charge in [0.15, 0.2) is 6.23 Å². The Morgan fingerprint density at radius 3 is 2.52 bits per heavy atom. The van der Waals surface area contributed by atoms with Gasteiger partial charge < -0.3 is 10.1 Å². The maximum absolute atomic E-state index is 12.1. The van der Waals surface area contributed by atoms with Crippen LogP contribution in [0.1, 0.15) is 39.8 Å². The zero-order valence-electron chi connectivity index (χ0n) is 12.6. The number of carbonyl (C=O) groups excluding carboxylic acids is 2. The van der Waals surface area contributed by atoms with Crippen LogP contribution in [-0.4, -0.2) is 23.2 Å². The summed E-state index contributed by atoms with van der Waals surface area (Å²) in [5.41, 5.74) is 1.88. The molecule has 122 valence electrons. The van der Waals surface area contributed by atoms with Gasteiger partial charge in [-0.2, -0.15) is 0 Å². The molecule has 0 radical (unpaired) electrons. The molecule has 0 bridgehead atoms. The fourth-order valence-electron chi connectivity index (χ4n) is 1.96. The lowest BCUT2D eigenvalue weighted by Crippen LogP contribution is -2.38. The van der Waals surface area contributed by atoms with E-state index in [1.807, 2.05) is 18.4 Å². The van der Waals surface area contributed by atoms with E-state index in [0.717, 1.165) is 6.42 Å². The number of hydroxylamine groups is 1. The van der Waals surface area contributed by atoms with E-state index in [1.165, 1.54) is 23.5 Å². The van der Waals surface area contributed by atoms with Crippen molar-refractivity contribution in [2.45, 2.75) is 26.0 Å². The van der Waals surface area contributed by atoms with Crippen molar-refractivity contribution < 1.29 is 19.5 Å². The highest BCUT2D eigenvalue weighted by Gasteiger charge is 2.15. The molecule has 1 aromatic heterocycles. The maximum Gasteiger partial charge on any atom is 0.274 e. The Kier molecular flexibility index (Phi) is 6.13. The third kappa shape index (κ3) is 4.80. The fourth-order valence-corrected chi connectivity index (χ4v) is 2.59. The van der Waals surface area contributed by atoms with Crippen LogP contribution >= 0.6 is 11.3 Å². The zero-order chi connectivity index (χ0) is 16.7. The molecule has 0 aliphatic heterocycles. The second-order valence-electron chi connectivity index (χ2n) is 4.81. The van der Waals surface area contributed by atoms with Crippen molar-refractivity contribution >= 4 is 23.2 Å². The molecule has 2 aromatic rings. The van der Waals surface area contributed by atoms with Crippen molar-refractivity contribution in [1.29, 1.82) is 0 Å². The number of amides is 2. The van der Waals surface area contributed by atoms with Gasteiger partial charge in [0.25, 0.3) is 11.8 Å². The summed E-state index contributed by atoms with van der Waals surface area (Å²) in [6, 6.07) is 9.87. The Balaban J connectivity index is 2.01. The highest BCUT2D eigenvalue weighted by Crippen LogP contribution is 2.16. The molecule has 1 heterocycles. The molecule has 1 aromatic carbocycles. The van der Waals surface area contributed by atoms with Gasteiger partial charge >= 0.3 is 0 Å². The van der Waals surface area contributed by atoms with Gasteiger partial charge in [0, 0.05) is 12.0 Å². The van der Waals surface area contributed by atoms with Crippen LogP contribution in [0.15, 0.2) is 41.8 Å². The summed E-state index contributed by atoms with van der Waals surface area (Å²) in [5.74, 6) is -0.230. The molecule has 23 heavy (non-hydrogen) atoms. The topological polar surface area (TPSA) is 87.7 Å². The van der Waals surface area contributed by atoms with Crippen LogP contribution in [0.3, 0.4) is 0 Å². The molecule has 1 atom stereocenters. The molecule has 0 fully saturated rings. The summed E-state index contributed by atoms with van der Waals surface area (Å²) in [6.07, 6.45) is 1.06. The summed E-state index contributed by atoms with van der Waals surface area (Å²) in [5, 5.41) is 13.3. The Bertz CT molecular complexity index is 641. The van der Waals surface area contributed by atoms with E-state index in [2.05, 4.69) is 5.32 Å². The van der Waals surface area contributed by atoms with Crippen LogP contribution in [0.2, 0.25) is 0 Å². The van der Waals surface area contributed by atoms with Crippen LogP contribution in [0.25, 0.3) is 0 Å². The van der Waals surface area contributed by atoms with Crippen molar-refractivity contribution in [2.24, 2.45) is 0 Å². The zero-order valence-corrected chi connectivity index (χ0v) is 13.4. The Labute approximate surface area is 138 Å². The molecule has 2 rings (SSSR count). The van der Waals surface area contributed by atoms with Gasteiger partial charge in [-0.15, -0.1) is 11.3 Å². The number of benzene rings is 1. The molecule has 0 saturated heterocycles. The van der Waals surface area contributed by atoms with Gasteiger partial charge in [0.2, 0.25) is 0 Å². The monoisotopic (exact) mass is 334 g/mol. The Morgan fingerprint density at radius 1 is 1.22 bits per heavy atom. The molecule has 0 saturated carbocycles. The second kappa shape index (κ2) is 8.30. The maximum atomic E-state index is 12.1. The first-order valence-corrected chi connectivity index (χ1v) is 8.07. The van der Waals surface area contributed by atoms with Crippen LogP contribution < -0.4 is 15.5 Å². The van der Waals surface area contributed by atoms with Crippen molar-refractivity contribution in [1.82, 2.24) is 10.8 Å². The van der Waals surface area contributed by atoms with Crippen molar-refractivity contribution in [3.63, 3.8) is 0 Å². The summed E-state index contributed by atoms with van der Waals surface area (Å²) in [6.45, 7) is 2.00. The molecule has 1 unspecified atom stereocenters. The van der Waals surface area contributed by atoms with Gasteiger partial charge in [0.1, 0.15) is 5.75 Å². The minimum absolute atomic E-state index is 0.172. The number of rotatable bonds is 7.